The fraction of sp³-hybridized carbons (Fsp3) is 0.724. The second-order valence-electron chi connectivity index (χ2n) is 13.0. The summed E-state index contributed by atoms with van der Waals surface area (Å²) in [6.45, 7) is 11.0. The molecule has 0 saturated heterocycles. The lowest BCUT2D eigenvalue weighted by Crippen LogP contribution is -2.59. The van der Waals surface area contributed by atoms with Crippen molar-refractivity contribution < 1.29 is 9.59 Å². The molecule has 0 aliphatic heterocycles. The summed E-state index contributed by atoms with van der Waals surface area (Å²) in [6, 6.07) is 4.86. The van der Waals surface area contributed by atoms with Crippen molar-refractivity contribution in [3.8, 4) is 12.1 Å². The van der Waals surface area contributed by atoms with Crippen LogP contribution in [0.4, 0.5) is 0 Å². The smallest absolute Gasteiger partial charge is 0.176 e. The highest BCUT2D eigenvalue weighted by Gasteiger charge is 2.64. The Morgan fingerprint density at radius 3 is 2.30 bits per heavy atom. The molecule has 33 heavy (non-hydrogen) atoms. The number of Topliss-reactive ketones (excluding diaryl/α,β-unsaturated/α-hetero) is 1. The lowest BCUT2D eigenvalue weighted by atomic mass is 9.39. The van der Waals surface area contributed by atoms with Gasteiger partial charge in [-0.15, -0.1) is 0 Å². The molecule has 0 spiro atoms. The van der Waals surface area contributed by atoms with Gasteiger partial charge in [-0.25, -0.2) is 0 Å². The van der Waals surface area contributed by atoms with Crippen LogP contribution in [0.15, 0.2) is 23.3 Å². The Bertz CT molecular complexity index is 1080. The zero-order valence-corrected chi connectivity index (χ0v) is 20.7. The number of nitriles is 2. The summed E-state index contributed by atoms with van der Waals surface area (Å²) in [4.78, 5) is 26.7. The fourth-order valence-corrected chi connectivity index (χ4v) is 9.09. The predicted molar refractivity (Wildman–Crippen MR) is 125 cm³/mol. The molecule has 3 fully saturated rings. The molecule has 174 valence electrons. The van der Waals surface area contributed by atoms with E-state index in [1.165, 1.54) is 0 Å². The van der Waals surface area contributed by atoms with E-state index >= 15 is 0 Å². The molecule has 0 radical (unpaired) electrons. The van der Waals surface area contributed by atoms with E-state index in [-0.39, 0.29) is 63.0 Å². The zero-order valence-electron chi connectivity index (χ0n) is 20.7. The van der Waals surface area contributed by atoms with E-state index in [2.05, 4.69) is 39.8 Å². The first-order valence-electron chi connectivity index (χ1n) is 12.8. The molecule has 5 aliphatic rings. The highest BCUT2D eigenvalue weighted by molar-refractivity contribution is 6.02. The standard InChI is InChI=1S/C29H36N2O2/c1-17-19-6-8-27(4)20-7-9-29(16-31)11-10-26(2,3)14-21(29)24(20)22(32)12-23(27)28(19,5)13-18(15-30)25(17)33/h12-13,17,19-21,24H,6-11,14H2,1-5H3. The van der Waals surface area contributed by atoms with Gasteiger partial charge in [0.15, 0.2) is 11.6 Å². The Morgan fingerprint density at radius 2 is 1.64 bits per heavy atom. The van der Waals surface area contributed by atoms with Gasteiger partial charge in [0.25, 0.3) is 0 Å². The normalized spacial score (nSPS) is 48.0. The molecule has 4 heteroatoms. The molecule has 0 aromatic rings. The molecular weight excluding hydrogens is 408 g/mol. The van der Waals surface area contributed by atoms with E-state index in [1.807, 2.05) is 19.1 Å². The molecule has 0 N–H and O–H groups in total. The van der Waals surface area contributed by atoms with Crippen molar-refractivity contribution in [2.24, 2.45) is 51.2 Å². The topological polar surface area (TPSA) is 81.7 Å². The van der Waals surface area contributed by atoms with E-state index in [1.54, 1.807) is 0 Å². The second kappa shape index (κ2) is 6.91. The van der Waals surface area contributed by atoms with E-state index in [0.717, 1.165) is 50.5 Å². The van der Waals surface area contributed by atoms with E-state index in [0.29, 0.717) is 0 Å². The summed E-state index contributed by atoms with van der Waals surface area (Å²) >= 11 is 0. The van der Waals surface area contributed by atoms with E-state index in [4.69, 9.17) is 0 Å². The van der Waals surface area contributed by atoms with E-state index in [9.17, 15) is 20.1 Å². The van der Waals surface area contributed by atoms with Gasteiger partial charge in [-0.1, -0.05) is 46.3 Å². The summed E-state index contributed by atoms with van der Waals surface area (Å²) in [5.74, 6) is 0.322. The molecule has 8 unspecified atom stereocenters. The SMILES string of the molecule is CC1C(=O)C(C#N)=CC2(C)C3=CC(=O)C4C5CC(C)(C)CCC5(C#N)CCC4C3(C)CCC12. The highest BCUT2D eigenvalue weighted by atomic mass is 16.1. The number of carbonyl (C=O) groups excluding carboxylic acids is 2. The molecule has 0 aromatic carbocycles. The van der Waals surface area contributed by atoms with Crippen molar-refractivity contribution in [2.45, 2.75) is 79.6 Å². The van der Waals surface area contributed by atoms with Crippen LogP contribution in [-0.2, 0) is 9.59 Å². The molecular formula is C29H36N2O2. The highest BCUT2D eigenvalue weighted by Crippen LogP contribution is 2.69. The van der Waals surface area contributed by atoms with Gasteiger partial charge in [-0.05, 0) is 79.6 Å². The summed E-state index contributed by atoms with van der Waals surface area (Å²) in [6.07, 6.45) is 10.4. The molecule has 0 bridgehead atoms. The van der Waals surface area contributed by atoms with Crippen LogP contribution in [0.1, 0.15) is 79.6 Å². The minimum absolute atomic E-state index is 0.0508. The fourth-order valence-electron chi connectivity index (χ4n) is 9.09. The molecule has 4 nitrogen and oxygen atoms in total. The van der Waals surface area contributed by atoms with Crippen LogP contribution in [0.5, 0.6) is 0 Å². The monoisotopic (exact) mass is 444 g/mol. The molecule has 0 heterocycles. The maximum Gasteiger partial charge on any atom is 0.176 e. The average molecular weight is 445 g/mol. The quantitative estimate of drug-likeness (QED) is 0.462. The molecule has 0 aromatic heterocycles. The van der Waals surface area contributed by atoms with Crippen molar-refractivity contribution in [2.75, 3.05) is 0 Å². The number of rotatable bonds is 0. The Balaban J connectivity index is 1.64. The van der Waals surface area contributed by atoms with Gasteiger partial charge in [0, 0.05) is 17.3 Å². The lowest BCUT2D eigenvalue weighted by Gasteiger charge is -2.63. The zero-order chi connectivity index (χ0) is 24.0. The van der Waals surface area contributed by atoms with Gasteiger partial charge in [0.1, 0.15) is 6.07 Å². The largest absolute Gasteiger partial charge is 0.295 e. The first-order chi connectivity index (χ1) is 15.4. The number of ketones is 2. The number of carbonyl (C=O) groups is 2. The number of nitrogens with zero attached hydrogens (tertiary/aromatic N) is 2. The first-order valence-corrected chi connectivity index (χ1v) is 12.8. The maximum absolute atomic E-state index is 13.9. The Hall–Kier alpha value is -2.20. The minimum atomic E-state index is -0.443. The molecule has 3 saturated carbocycles. The summed E-state index contributed by atoms with van der Waals surface area (Å²) in [5, 5.41) is 19.9. The molecule has 0 amide bonds. The lowest BCUT2D eigenvalue weighted by molar-refractivity contribution is -0.140. The van der Waals surface area contributed by atoms with Crippen LogP contribution in [0.2, 0.25) is 0 Å². The number of hydrogen-bond donors (Lipinski definition) is 0. The molecule has 8 atom stereocenters. The van der Waals surface area contributed by atoms with E-state index < -0.39 is 5.41 Å². The van der Waals surface area contributed by atoms with Gasteiger partial charge in [0.05, 0.1) is 17.1 Å². The van der Waals surface area contributed by atoms with Crippen molar-refractivity contribution >= 4 is 11.6 Å². The number of hydrogen-bond acceptors (Lipinski definition) is 4. The third kappa shape index (κ3) is 2.86. The van der Waals surface area contributed by atoms with Gasteiger partial charge in [-0.2, -0.15) is 10.5 Å². The van der Waals surface area contributed by atoms with Crippen LogP contribution < -0.4 is 0 Å². The van der Waals surface area contributed by atoms with Gasteiger partial charge in [0.2, 0.25) is 0 Å². The molecule has 5 aliphatic carbocycles. The third-order valence-corrected chi connectivity index (χ3v) is 10.9. The third-order valence-electron chi connectivity index (χ3n) is 10.9. The van der Waals surface area contributed by atoms with Crippen molar-refractivity contribution in [3.05, 3.63) is 23.3 Å². The van der Waals surface area contributed by atoms with Crippen LogP contribution >= 0.6 is 0 Å². The summed E-state index contributed by atoms with van der Waals surface area (Å²) in [7, 11) is 0. The Morgan fingerprint density at radius 1 is 0.939 bits per heavy atom. The van der Waals surface area contributed by atoms with Crippen molar-refractivity contribution in [3.63, 3.8) is 0 Å². The maximum atomic E-state index is 13.9. The minimum Gasteiger partial charge on any atom is -0.295 e. The number of fused-ring (bicyclic) bond motifs is 7. The summed E-state index contributed by atoms with van der Waals surface area (Å²) in [5.41, 5.74) is 0.609. The van der Waals surface area contributed by atoms with Crippen LogP contribution in [0.25, 0.3) is 0 Å². The average Bonchev–Trinajstić information content (AvgIpc) is 2.77. The van der Waals surface area contributed by atoms with Crippen LogP contribution in [0.3, 0.4) is 0 Å². The van der Waals surface area contributed by atoms with Gasteiger partial charge in [-0.3, -0.25) is 9.59 Å². The van der Waals surface area contributed by atoms with Gasteiger partial charge < -0.3 is 0 Å². The van der Waals surface area contributed by atoms with Gasteiger partial charge >= 0.3 is 0 Å². The molecule has 5 rings (SSSR count). The van der Waals surface area contributed by atoms with Crippen molar-refractivity contribution in [1.82, 2.24) is 0 Å². The second-order valence-corrected chi connectivity index (χ2v) is 13.0. The predicted octanol–water partition coefficient (Wildman–Crippen LogP) is 5.95. The Labute approximate surface area is 198 Å². The van der Waals surface area contributed by atoms with Crippen LogP contribution in [-0.4, -0.2) is 11.6 Å². The number of allylic oxidation sites excluding steroid dienone is 4. The van der Waals surface area contributed by atoms with Crippen LogP contribution in [0, 0.1) is 73.9 Å². The Kier molecular flexibility index (Phi) is 4.73. The summed E-state index contributed by atoms with van der Waals surface area (Å²) < 4.78 is 0. The van der Waals surface area contributed by atoms with Crippen molar-refractivity contribution in [1.29, 1.82) is 10.5 Å². The first kappa shape index (κ1) is 22.6.